The van der Waals surface area contributed by atoms with Crippen LogP contribution in [0.15, 0.2) is 23.1 Å². The van der Waals surface area contributed by atoms with Crippen molar-refractivity contribution in [3.63, 3.8) is 0 Å². The quantitative estimate of drug-likeness (QED) is 0.457. The van der Waals surface area contributed by atoms with E-state index in [0.717, 1.165) is 18.2 Å². The summed E-state index contributed by atoms with van der Waals surface area (Å²) in [6, 6.07) is 2.91. The average molecular weight is 314 g/mol. The van der Waals surface area contributed by atoms with Crippen LogP contribution in [0, 0.1) is 15.9 Å². The molecule has 108 valence electrons. The summed E-state index contributed by atoms with van der Waals surface area (Å²) in [6.07, 6.45) is 0.377. The number of nitrogens with two attached hydrogens (primary N) is 1. The van der Waals surface area contributed by atoms with Gasteiger partial charge in [-0.3, -0.25) is 10.1 Å². The van der Waals surface area contributed by atoms with Crippen LogP contribution in [-0.2, 0) is 10.0 Å². The predicted molar refractivity (Wildman–Crippen MR) is 69.2 cm³/mol. The summed E-state index contributed by atoms with van der Waals surface area (Å²) < 4.78 is 38.9. The van der Waals surface area contributed by atoms with Crippen LogP contribution in [0.3, 0.4) is 0 Å². The molecular weight excluding hydrogens is 301 g/mol. The molecule has 1 rings (SSSR count). The largest absolute Gasteiger partial charge is 0.330 e. The number of nitro groups is 1. The first-order valence-electron chi connectivity index (χ1n) is 5.03. The highest BCUT2D eigenvalue weighted by Gasteiger charge is 2.28. The lowest BCUT2D eigenvalue weighted by atomic mass is 10.3. The molecule has 0 saturated carbocycles. The van der Waals surface area contributed by atoms with Crippen molar-refractivity contribution < 1.29 is 17.7 Å². The van der Waals surface area contributed by atoms with Crippen molar-refractivity contribution in [2.45, 2.75) is 11.3 Å². The van der Waals surface area contributed by atoms with E-state index in [2.05, 4.69) is 4.72 Å². The van der Waals surface area contributed by atoms with Crippen molar-refractivity contribution >= 4 is 28.1 Å². The van der Waals surface area contributed by atoms with Gasteiger partial charge in [-0.2, -0.15) is 4.39 Å². The Labute approximate surface area is 115 Å². The minimum atomic E-state index is -4.12. The van der Waals surface area contributed by atoms with Gasteiger partial charge in [0.1, 0.15) is 0 Å². The molecule has 1 aromatic rings. The zero-order valence-corrected chi connectivity index (χ0v) is 11.3. The molecule has 0 aliphatic carbocycles. The number of halogens is 2. The van der Waals surface area contributed by atoms with Crippen molar-refractivity contribution in [3.05, 3.63) is 34.1 Å². The lowest BCUT2D eigenvalue weighted by Gasteiger charge is -2.06. The highest BCUT2D eigenvalue weighted by atomic mass is 35.5. The molecule has 0 atom stereocenters. The summed E-state index contributed by atoms with van der Waals surface area (Å²) in [7, 11) is -4.12. The second-order valence-corrected chi connectivity index (χ2v) is 5.12. The first-order chi connectivity index (χ1) is 8.40. The third-order valence-corrected chi connectivity index (χ3v) is 3.59. The van der Waals surface area contributed by atoms with E-state index in [-0.39, 0.29) is 25.5 Å². The van der Waals surface area contributed by atoms with Gasteiger partial charge in [-0.1, -0.05) is 6.07 Å². The summed E-state index contributed by atoms with van der Waals surface area (Å²) in [5.74, 6) is -1.19. The molecule has 7 nitrogen and oxygen atoms in total. The third-order valence-electron chi connectivity index (χ3n) is 2.09. The monoisotopic (exact) mass is 313 g/mol. The van der Waals surface area contributed by atoms with Crippen LogP contribution in [-0.4, -0.2) is 26.4 Å². The molecule has 0 aliphatic heterocycles. The van der Waals surface area contributed by atoms with Gasteiger partial charge in [-0.15, -0.1) is 12.4 Å². The SMILES string of the molecule is Cl.NCCCNS(=O)(=O)c1cccc(F)c1[N+](=O)[O-]. The molecule has 0 saturated heterocycles. The van der Waals surface area contributed by atoms with Crippen LogP contribution in [0.25, 0.3) is 0 Å². The highest BCUT2D eigenvalue weighted by Crippen LogP contribution is 2.26. The number of nitrogens with one attached hydrogen (secondary N) is 1. The van der Waals surface area contributed by atoms with E-state index in [0.29, 0.717) is 6.42 Å². The van der Waals surface area contributed by atoms with E-state index in [9.17, 15) is 22.9 Å². The van der Waals surface area contributed by atoms with Crippen molar-refractivity contribution in [2.24, 2.45) is 5.73 Å². The van der Waals surface area contributed by atoms with Gasteiger partial charge in [0.05, 0.1) is 4.92 Å². The molecule has 0 unspecified atom stereocenters. The fourth-order valence-electron chi connectivity index (χ4n) is 1.28. The maximum absolute atomic E-state index is 13.3. The molecule has 0 amide bonds. The zero-order valence-electron chi connectivity index (χ0n) is 9.71. The average Bonchev–Trinajstić information content (AvgIpc) is 2.28. The Morgan fingerprint density at radius 3 is 2.58 bits per heavy atom. The molecule has 0 aliphatic rings. The molecule has 0 fully saturated rings. The Hall–Kier alpha value is -1.29. The molecule has 0 spiro atoms. The van der Waals surface area contributed by atoms with E-state index in [1.54, 1.807) is 0 Å². The number of sulfonamides is 1. The number of hydrogen-bond acceptors (Lipinski definition) is 5. The summed E-state index contributed by atoms with van der Waals surface area (Å²) in [5.41, 5.74) is 4.14. The zero-order chi connectivity index (χ0) is 13.8. The molecule has 0 aromatic heterocycles. The smallest absolute Gasteiger partial charge is 0.324 e. The van der Waals surface area contributed by atoms with Crippen molar-refractivity contribution in [2.75, 3.05) is 13.1 Å². The van der Waals surface area contributed by atoms with Gasteiger partial charge in [0.15, 0.2) is 4.90 Å². The van der Waals surface area contributed by atoms with Gasteiger partial charge in [0.25, 0.3) is 0 Å². The number of para-hydroxylation sites is 1. The van der Waals surface area contributed by atoms with E-state index < -0.39 is 31.3 Å². The predicted octanol–water partition coefficient (Wildman–Crippen LogP) is 0.783. The number of nitrogens with zero attached hydrogens (tertiary/aromatic N) is 1. The molecular formula is C9H13ClFN3O4S. The molecule has 1 aromatic carbocycles. The van der Waals surface area contributed by atoms with E-state index in [1.165, 1.54) is 0 Å². The fourth-order valence-corrected chi connectivity index (χ4v) is 2.53. The fraction of sp³-hybridized carbons (Fsp3) is 0.333. The second-order valence-electron chi connectivity index (χ2n) is 3.38. The summed E-state index contributed by atoms with van der Waals surface area (Å²) in [4.78, 5) is 8.92. The Bertz CT molecular complexity index is 552. The lowest BCUT2D eigenvalue weighted by Crippen LogP contribution is -2.27. The van der Waals surface area contributed by atoms with Crippen LogP contribution in [0.2, 0.25) is 0 Å². The standard InChI is InChI=1S/C9H12FN3O4S.ClH/c10-7-3-1-4-8(9(7)13(14)15)18(16,17)12-6-2-5-11;/h1,3-4,12H,2,5-6,11H2;1H. The molecule has 0 radical (unpaired) electrons. The van der Waals surface area contributed by atoms with Gasteiger partial charge in [0, 0.05) is 6.54 Å². The summed E-state index contributed by atoms with van der Waals surface area (Å²) in [5, 5.41) is 10.7. The third kappa shape index (κ3) is 4.39. The van der Waals surface area contributed by atoms with Gasteiger partial charge in [0.2, 0.25) is 15.8 Å². The summed E-state index contributed by atoms with van der Waals surface area (Å²) in [6.45, 7) is 0.306. The summed E-state index contributed by atoms with van der Waals surface area (Å²) >= 11 is 0. The number of rotatable bonds is 6. The minimum absolute atomic E-state index is 0. The maximum Gasteiger partial charge on any atom is 0.324 e. The molecule has 19 heavy (non-hydrogen) atoms. The van der Waals surface area contributed by atoms with Gasteiger partial charge >= 0.3 is 5.69 Å². The maximum atomic E-state index is 13.3. The first kappa shape index (κ1) is 17.7. The van der Waals surface area contributed by atoms with Crippen LogP contribution >= 0.6 is 12.4 Å². The molecule has 3 N–H and O–H groups in total. The normalized spacial score (nSPS) is 10.8. The molecule has 10 heteroatoms. The molecule has 0 bridgehead atoms. The van der Waals surface area contributed by atoms with E-state index in [4.69, 9.17) is 5.73 Å². The van der Waals surface area contributed by atoms with Gasteiger partial charge in [-0.05, 0) is 25.1 Å². The Balaban J connectivity index is 0.00000324. The number of hydrogen-bond donors (Lipinski definition) is 2. The second kappa shape index (κ2) is 7.34. The van der Waals surface area contributed by atoms with Crippen LogP contribution in [0.1, 0.15) is 6.42 Å². The van der Waals surface area contributed by atoms with Crippen molar-refractivity contribution in [1.29, 1.82) is 0 Å². The topological polar surface area (TPSA) is 115 Å². The van der Waals surface area contributed by atoms with Crippen LogP contribution in [0.5, 0.6) is 0 Å². The highest BCUT2D eigenvalue weighted by molar-refractivity contribution is 7.89. The molecule has 0 heterocycles. The van der Waals surface area contributed by atoms with Crippen LogP contribution in [0.4, 0.5) is 10.1 Å². The van der Waals surface area contributed by atoms with Gasteiger partial charge < -0.3 is 5.73 Å². The van der Waals surface area contributed by atoms with E-state index in [1.807, 2.05) is 0 Å². The van der Waals surface area contributed by atoms with E-state index >= 15 is 0 Å². The van der Waals surface area contributed by atoms with Gasteiger partial charge in [-0.25, -0.2) is 13.1 Å². The van der Waals surface area contributed by atoms with Crippen LogP contribution < -0.4 is 10.5 Å². The number of benzene rings is 1. The number of nitro benzene ring substituents is 1. The Morgan fingerprint density at radius 1 is 1.42 bits per heavy atom. The van der Waals surface area contributed by atoms with Crippen molar-refractivity contribution in [1.82, 2.24) is 4.72 Å². The van der Waals surface area contributed by atoms with Crippen molar-refractivity contribution in [3.8, 4) is 0 Å². The Kier molecular flexibility index (Phi) is 6.84. The Morgan fingerprint density at radius 2 is 2.05 bits per heavy atom. The first-order valence-corrected chi connectivity index (χ1v) is 6.51. The lowest BCUT2D eigenvalue weighted by molar-refractivity contribution is -0.390. The minimum Gasteiger partial charge on any atom is -0.330 e.